The zero-order chi connectivity index (χ0) is 15.7. The molecule has 1 aliphatic rings. The molecule has 0 aromatic carbocycles. The number of nitrogens with two attached hydrogens (primary N) is 1. The highest BCUT2D eigenvalue weighted by molar-refractivity contribution is 6.74. The van der Waals surface area contributed by atoms with Crippen LogP contribution in [0.25, 0.3) is 0 Å². The van der Waals surface area contributed by atoms with Gasteiger partial charge in [0, 0.05) is 6.07 Å². The van der Waals surface area contributed by atoms with Gasteiger partial charge in [-0.25, -0.2) is 9.97 Å². The van der Waals surface area contributed by atoms with E-state index in [9.17, 15) is 0 Å². The normalized spacial score (nSPS) is 23.3. The molecular formula is C15H28N4OSi. The molecule has 0 amide bonds. The van der Waals surface area contributed by atoms with Crippen molar-refractivity contribution in [2.75, 3.05) is 11.1 Å². The molecule has 2 atom stereocenters. The fourth-order valence-corrected chi connectivity index (χ4v) is 3.82. The number of hydrogen-bond donors (Lipinski definition) is 2. The Morgan fingerprint density at radius 1 is 1.29 bits per heavy atom. The molecule has 3 N–H and O–H groups in total. The first-order valence-corrected chi connectivity index (χ1v) is 10.6. The summed E-state index contributed by atoms with van der Waals surface area (Å²) in [5.41, 5.74) is 5.71. The molecule has 1 fully saturated rings. The maximum Gasteiger partial charge on any atom is 0.192 e. The molecule has 1 aliphatic carbocycles. The van der Waals surface area contributed by atoms with E-state index >= 15 is 0 Å². The molecule has 1 saturated carbocycles. The van der Waals surface area contributed by atoms with Crippen molar-refractivity contribution in [3.05, 3.63) is 12.4 Å². The number of aromatic nitrogens is 2. The van der Waals surface area contributed by atoms with Crippen molar-refractivity contribution in [1.29, 1.82) is 0 Å². The Bertz CT molecular complexity index is 487. The van der Waals surface area contributed by atoms with Crippen molar-refractivity contribution in [3.8, 4) is 0 Å². The lowest BCUT2D eigenvalue weighted by molar-refractivity contribution is 0.177. The van der Waals surface area contributed by atoms with Gasteiger partial charge in [0.25, 0.3) is 0 Å². The van der Waals surface area contributed by atoms with E-state index in [2.05, 4.69) is 49.1 Å². The van der Waals surface area contributed by atoms with Crippen LogP contribution in [0.1, 0.15) is 40.0 Å². The van der Waals surface area contributed by atoms with Crippen LogP contribution in [-0.4, -0.2) is 30.4 Å². The molecule has 6 heteroatoms. The van der Waals surface area contributed by atoms with Crippen LogP contribution in [-0.2, 0) is 4.43 Å². The summed E-state index contributed by atoms with van der Waals surface area (Å²) in [6, 6.07) is 2.09. The Hall–Kier alpha value is -1.14. The molecule has 0 bridgehead atoms. The molecule has 118 valence electrons. The predicted molar refractivity (Wildman–Crippen MR) is 89.8 cm³/mol. The maximum absolute atomic E-state index is 6.58. The van der Waals surface area contributed by atoms with Crippen molar-refractivity contribution in [2.24, 2.45) is 0 Å². The van der Waals surface area contributed by atoms with Crippen LogP contribution in [0.15, 0.2) is 12.4 Å². The minimum atomic E-state index is -1.74. The van der Waals surface area contributed by atoms with Gasteiger partial charge in [-0.15, -0.1) is 0 Å². The quantitative estimate of drug-likeness (QED) is 0.834. The van der Waals surface area contributed by atoms with Crippen LogP contribution < -0.4 is 11.1 Å². The number of rotatable bonds is 4. The van der Waals surface area contributed by atoms with Crippen LogP contribution >= 0.6 is 0 Å². The molecule has 1 heterocycles. The van der Waals surface area contributed by atoms with Crippen molar-refractivity contribution in [2.45, 2.75) is 70.3 Å². The molecule has 0 saturated heterocycles. The molecule has 0 aliphatic heterocycles. The van der Waals surface area contributed by atoms with E-state index in [1.165, 1.54) is 12.7 Å². The van der Waals surface area contributed by atoms with Gasteiger partial charge in [0.1, 0.15) is 18.0 Å². The van der Waals surface area contributed by atoms with Crippen LogP contribution in [0.5, 0.6) is 0 Å². The first-order chi connectivity index (χ1) is 9.69. The molecule has 21 heavy (non-hydrogen) atoms. The summed E-state index contributed by atoms with van der Waals surface area (Å²) in [6.45, 7) is 11.5. The lowest BCUT2D eigenvalue weighted by atomic mass is 10.2. The Labute approximate surface area is 128 Å². The highest BCUT2D eigenvalue weighted by Crippen LogP contribution is 2.39. The predicted octanol–water partition coefficient (Wildman–Crippen LogP) is 3.41. The first-order valence-electron chi connectivity index (χ1n) is 7.71. The van der Waals surface area contributed by atoms with Crippen molar-refractivity contribution < 1.29 is 4.43 Å². The number of nitrogens with one attached hydrogen (secondary N) is 1. The smallest absolute Gasteiger partial charge is 0.192 e. The lowest BCUT2D eigenvalue weighted by Gasteiger charge is -2.40. The van der Waals surface area contributed by atoms with Gasteiger partial charge in [0.2, 0.25) is 0 Å². The van der Waals surface area contributed by atoms with Gasteiger partial charge in [-0.05, 0) is 37.4 Å². The average molecular weight is 309 g/mol. The fourth-order valence-electron chi connectivity index (χ4n) is 2.43. The molecule has 1 aromatic rings. The minimum Gasteiger partial charge on any atom is -0.412 e. The molecule has 1 aromatic heterocycles. The van der Waals surface area contributed by atoms with Crippen LogP contribution in [0, 0.1) is 0 Å². The molecule has 5 nitrogen and oxygen atoms in total. The largest absolute Gasteiger partial charge is 0.412 e. The van der Waals surface area contributed by atoms with E-state index in [4.69, 9.17) is 10.2 Å². The van der Waals surface area contributed by atoms with Gasteiger partial charge in [-0.2, -0.15) is 0 Å². The van der Waals surface area contributed by atoms with Gasteiger partial charge in [0.15, 0.2) is 8.32 Å². The average Bonchev–Trinajstić information content (AvgIpc) is 2.74. The standard InChI is InChI=1S/C15H28N4OSi/c1-15(2,3)21(4,5)20-12-8-6-7-11(12)19-14-9-13(16)17-10-18-14/h9-12H,6-8H2,1-5H3,(H3,16,17,18,19)/t11-,12-/m0/s1. The zero-order valence-corrected chi connectivity index (χ0v) is 14.8. The van der Waals surface area contributed by atoms with Gasteiger partial charge < -0.3 is 15.5 Å². The Morgan fingerprint density at radius 2 is 2.00 bits per heavy atom. The van der Waals surface area contributed by atoms with E-state index < -0.39 is 8.32 Å². The summed E-state index contributed by atoms with van der Waals surface area (Å²) in [5.74, 6) is 1.28. The molecular weight excluding hydrogens is 280 g/mol. The number of nitrogen functional groups attached to an aromatic ring is 1. The lowest BCUT2D eigenvalue weighted by Crippen LogP contribution is -2.47. The van der Waals surface area contributed by atoms with Gasteiger partial charge >= 0.3 is 0 Å². The van der Waals surface area contributed by atoms with Crippen LogP contribution in [0.4, 0.5) is 11.6 Å². The zero-order valence-electron chi connectivity index (χ0n) is 13.8. The highest BCUT2D eigenvalue weighted by Gasteiger charge is 2.42. The van der Waals surface area contributed by atoms with Crippen molar-refractivity contribution >= 4 is 20.0 Å². The fraction of sp³-hybridized carbons (Fsp3) is 0.733. The van der Waals surface area contributed by atoms with Gasteiger partial charge in [-0.3, -0.25) is 0 Å². The Morgan fingerprint density at radius 3 is 2.62 bits per heavy atom. The highest BCUT2D eigenvalue weighted by atomic mass is 28.4. The molecule has 2 rings (SSSR count). The van der Waals surface area contributed by atoms with E-state index in [-0.39, 0.29) is 11.1 Å². The molecule has 0 spiro atoms. The minimum absolute atomic E-state index is 0.236. The monoisotopic (exact) mass is 308 g/mol. The van der Waals surface area contributed by atoms with E-state index in [0.717, 1.165) is 18.7 Å². The summed E-state index contributed by atoms with van der Waals surface area (Å²) in [6.07, 6.45) is 5.18. The summed E-state index contributed by atoms with van der Waals surface area (Å²) in [5, 5.41) is 3.71. The third-order valence-electron chi connectivity index (χ3n) is 4.73. The first kappa shape index (κ1) is 16.2. The molecule has 0 unspecified atom stereocenters. The Kier molecular flexibility index (Phi) is 4.58. The van der Waals surface area contributed by atoms with E-state index in [1.54, 1.807) is 6.07 Å². The van der Waals surface area contributed by atoms with Gasteiger partial charge in [0.05, 0.1) is 12.1 Å². The Balaban J connectivity index is 2.04. The SMILES string of the molecule is CC(C)(C)[Si](C)(C)O[C@H]1CCC[C@@H]1Nc1cc(N)ncn1. The number of hydrogen-bond acceptors (Lipinski definition) is 5. The maximum atomic E-state index is 6.58. The van der Waals surface area contributed by atoms with Crippen LogP contribution in [0.3, 0.4) is 0 Å². The summed E-state index contributed by atoms with van der Waals surface area (Å²) in [7, 11) is -1.74. The summed E-state index contributed by atoms with van der Waals surface area (Å²) >= 11 is 0. The number of nitrogens with zero attached hydrogens (tertiary/aromatic N) is 2. The topological polar surface area (TPSA) is 73.1 Å². The van der Waals surface area contributed by atoms with E-state index in [1.807, 2.05) is 0 Å². The van der Waals surface area contributed by atoms with Gasteiger partial charge in [-0.1, -0.05) is 20.8 Å². The van der Waals surface area contributed by atoms with Crippen molar-refractivity contribution in [3.63, 3.8) is 0 Å². The van der Waals surface area contributed by atoms with Crippen molar-refractivity contribution in [1.82, 2.24) is 9.97 Å². The van der Waals surface area contributed by atoms with Crippen LogP contribution in [0.2, 0.25) is 18.1 Å². The number of anilines is 2. The van der Waals surface area contributed by atoms with E-state index in [0.29, 0.717) is 11.9 Å². The molecule has 0 radical (unpaired) electrons. The second-order valence-corrected chi connectivity index (χ2v) is 12.2. The summed E-state index contributed by atoms with van der Waals surface area (Å²) in [4.78, 5) is 8.16. The third-order valence-corrected chi connectivity index (χ3v) is 9.23. The summed E-state index contributed by atoms with van der Waals surface area (Å²) < 4.78 is 6.58. The second-order valence-electron chi connectivity index (χ2n) is 7.43. The second kappa shape index (κ2) is 5.92. The third kappa shape index (κ3) is 3.94.